The van der Waals surface area contributed by atoms with Crippen LogP contribution in [-0.4, -0.2) is 32.7 Å². The van der Waals surface area contributed by atoms with Crippen LogP contribution in [-0.2, 0) is 9.53 Å². The maximum atomic E-state index is 11.5. The Balaban J connectivity index is 2.36. The number of benzene rings is 1. The van der Waals surface area contributed by atoms with E-state index in [-0.39, 0.29) is 6.61 Å². The fourth-order valence-electron chi connectivity index (χ4n) is 1.61. The van der Waals surface area contributed by atoms with Gasteiger partial charge < -0.3 is 9.84 Å². The first kappa shape index (κ1) is 12.3. The van der Waals surface area contributed by atoms with Crippen molar-refractivity contribution in [3.8, 4) is 5.69 Å². The molecule has 0 radical (unpaired) electrons. The molecule has 2 rings (SSSR count). The molecular weight excluding hydrogens is 234 g/mol. The Bertz CT molecular complexity index is 525. The van der Waals surface area contributed by atoms with Crippen molar-refractivity contribution in [1.29, 1.82) is 0 Å². The van der Waals surface area contributed by atoms with E-state index in [0.717, 1.165) is 0 Å². The van der Waals surface area contributed by atoms with E-state index in [0.29, 0.717) is 11.3 Å². The van der Waals surface area contributed by atoms with E-state index < -0.39 is 12.1 Å². The van der Waals surface area contributed by atoms with Crippen molar-refractivity contribution in [2.45, 2.75) is 13.0 Å². The molecule has 0 aliphatic heterocycles. The minimum atomic E-state index is -1.33. The number of aromatic nitrogens is 3. The normalized spacial score (nSPS) is 12.1. The van der Waals surface area contributed by atoms with Crippen molar-refractivity contribution in [2.24, 2.45) is 0 Å². The largest absolute Gasteiger partial charge is 0.464 e. The first-order valence-corrected chi connectivity index (χ1v) is 5.54. The summed E-state index contributed by atoms with van der Waals surface area (Å²) in [7, 11) is 0. The second kappa shape index (κ2) is 5.42. The third-order valence-corrected chi connectivity index (χ3v) is 2.41. The lowest BCUT2D eigenvalue weighted by atomic mass is 10.1. The van der Waals surface area contributed by atoms with E-state index in [1.807, 2.05) is 0 Å². The van der Waals surface area contributed by atoms with Gasteiger partial charge in [0.1, 0.15) is 0 Å². The first-order valence-electron chi connectivity index (χ1n) is 5.54. The molecule has 0 fully saturated rings. The fraction of sp³-hybridized carbons (Fsp3) is 0.250. The summed E-state index contributed by atoms with van der Waals surface area (Å²) in [6, 6.07) is 6.92. The van der Waals surface area contributed by atoms with Crippen LogP contribution in [0.2, 0.25) is 0 Å². The highest BCUT2D eigenvalue weighted by Crippen LogP contribution is 2.21. The maximum Gasteiger partial charge on any atom is 0.339 e. The van der Waals surface area contributed by atoms with Gasteiger partial charge in [0.25, 0.3) is 0 Å². The molecule has 6 nitrogen and oxygen atoms in total. The maximum absolute atomic E-state index is 11.5. The van der Waals surface area contributed by atoms with Gasteiger partial charge in [-0.15, -0.1) is 5.10 Å². The Morgan fingerprint density at radius 3 is 2.94 bits per heavy atom. The van der Waals surface area contributed by atoms with Crippen LogP contribution in [0, 0.1) is 0 Å². The quantitative estimate of drug-likeness (QED) is 0.811. The van der Waals surface area contributed by atoms with Gasteiger partial charge in [0.2, 0.25) is 0 Å². The molecule has 1 N–H and O–H groups in total. The average Bonchev–Trinajstić information content (AvgIpc) is 2.92. The first-order chi connectivity index (χ1) is 8.74. The van der Waals surface area contributed by atoms with E-state index in [2.05, 4.69) is 10.3 Å². The third kappa shape index (κ3) is 2.38. The summed E-state index contributed by atoms with van der Waals surface area (Å²) in [6.45, 7) is 1.91. The summed E-state index contributed by atoms with van der Waals surface area (Å²) in [4.78, 5) is 11.5. The highest BCUT2D eigenvalue weighted by Gasteiger charge is 2.22. The monoisotopic (exact) mass is 247 g/mol. The van der Waals surface area contributed by atoms with Crippen molar-refractivity contribution >= 4 is 5.97 Å². The van der Waals surface area contributed by atoms with Crippen molar-refractivity contribution in [3.63, 3.8) is 0 Å². The number of nitrogens with zero attached hydrogens (tertiary/aromatic N) is 3. The zero-order valence-corrected chi connectivity index (χ0v) is 9.85. The number of hydrogen-bond acceptors (Lipinski definition) is 5. The van der Waals surface area contributed by atoms with Crippen LogP contribution in [0.5, 0.6) is 0 Å². The molecular formula is C12H13N3O3. The van der Waals surface area contributed by atoms with Crippen molar-refractivity contribution in [2.75, 3.05) is 6.61 Å². The number of rotatable bonds is 4. The number of ether oxygens (including phenoxy) is 1. The smallest absolute Gasteiger partial charge is 0.339 e. The molecule has 1 aromatic heterocycles. The molecule has 0 bridgehead atoms. The molecule has 1 aromatic carbocycles. The molecule has 0 aliphatic rings. The second-order valence-electron chi connectivity index (χ2n) is 3.56. The van der Waals surface area contributed by atoms with Gasteiger partial charge in [-0.05, 0) is 13.0 Å². The topological polar surface area (TPSA) is 77.2 Å². The predicted molar refractivity (Wildman–Crippen MR) is 63.0 cm³/mol. The van der Waals surface area contributed by atoms with Crippen LogP contribution in [0.25, 0.3) is 5.69 Å². The highest BCUT2D eigenvalue weighted by atomic mass is 16.5. The van der Waals surface area contributed by atoms with Crippen LogP contribution in [0.15, 0.2) is 36.7 Å². The summed E-state index contributed by atoms with van der Waals surface area (Å²) in [5, 5.41) is 17.5. The number of hydrogen-bond donors (Lipinski definition) is 1. The lowest BCUT2D eigenvalue weighted by Gasteiger charge is -2.13. The van der Waals surface area contributed by atoms with Gasteiger partial charge in [0.05, 0.1) is 24.7 Å². The molecule has 6 heteroatoms. The Morgan fingerprint density at radius 1 is 1.50 bits per heavy atom. The summed E-state index contributed by atoms with van der Waals surface area (Å²) in [5.41, 5.74) is 1.03. The fourth-order valence-corrected chi connectivity index (χ4v) is 1.61. The van der Waals surface area contributed by atoms with Crippen molar-refractivity contribution in [1.82, 2.24) is 15.0 Å². The molecule has 1 atom stereocenters. The Hall–Kier alpha value is -2.21. The Kier molecular flexibility index (Phi) is 3.69. The molecule has 0 spiro atoms. The molecule has 1 heterocycles. The molecule has 94 valence electrons. The standard InChI is InChI=1S/C12H13N3O3/c1-2-18-12(17)11(16)9-5-3-4-6-10(9)15-8-7-13-14-15/h3-8,11,16H,2H2,1H3. The second-order valence-corrected chi connectivity index (χ2v) is 3.56. The van der Waals surface area contributed by atoms with E-state index >= 15 is 0 Å². The van der Waals surface area contributed by atoms with Gasteiger partial charge in [-0.1, -0.05) is 23.4 Å². The molecule has 18 heavy (non-hydrogen) atoms. The van der Waals surface area contributed by atoms with Gasteiger partial charge in [-0.25, -0.2) is 9.48 Å². The summed E-state index contributed by atoms with van der Waals surface area (Å²) in [6.07, 6.45) is 1.83. The van der Waals surface area contributed by atoms with E-state index in [1.54, 1.807) is 37.4 Å². The van der Waals surface area contributed by atoms with Crippen LogP contribution < -0.4 is 0 Å². The number of para-hydroxylation sites is 1. The summed E-state index contributed by atoms with van der Waals surface area (Å²) >= 11 is 0. The Labute approximate surface area is 104 Å². The van der Waals surface area contributed by atoms with E-state index in [4.69, 9.17) is 4.74 Å². The van der Waals surface area contributed by atoms with Gasteiger partial charge in [-0.2, -0.15) is 0 Å². The SMILES string of the molecule is CCOC(=O)C(O)c1ccccc1-n1ccnn1. The van der Waals surface area contributed by atoms with E-state index in [9.17, 15) is 9.90 Å². The highest BCUT2D eigenvalue weighted by molar-refractivity contribution is 5.77. The van der Waals surface area contributed by atoms with Gasteiger partial charge in [0.15, 0.2) is 6.10 Å². The molecule has 1 unspecified atom stereocenters. The molecule has 0 aliphatic carbocycles. The van der Waals surface area contributed by atoms with Gasteiger partial charge in [-0.3, -0.25) is 0 Å². The molecule has 0 saturated heterocycles. The summed E-state index contributed by atoms with van der Waals surface area (Å²) in [5.74, 6) is -0.676. The van der Waals surface area contributed by atoms with Crippen molar-refractivity contribution in [3.05, 3.63) is 42.2 Å². The average molecular weight is 247 g/mol. The zero-order chi connectivity index (χ0) is 13.0. The minimum absolute atomic E-state index is 0.224. The Morgan fingerprint density at radius 2 is 2.28 bits per heavy atom. The minimum Gasteiger partial charge on any atom is -0.464 e. The van der Waals surface area contributed by atoms with Crippen LogP contribution in [0.3, 0.4) is 0 Å². The number of carbonyl (C=O) groups excluding carboxylic acids is 1. The van der Waals surface area contributed by atoms with Crippen molar-refractivity contribution < 1.29 is 14.6 Å². The van der Waals surface area contributed by atoms with Crippen LogP contribution in [0.4, 0.5) is 0 Å². The van der Waals surface area contributed by atoms with Gasteiger partial charge >= 0.3 is 5.97 Å². The number of carbonyl (C=O) groups is 1. The molecule has 0 saturated carbocycles. The van der Waals surface area contributed by atoms with Gasteiger partial charge in [0, 0.05) is 5.56 Å². The summed E-state index contributed by atoms with van der Waals surface area (Å²) < 4.78 is 6.28. The number of aliphatic hydroxyl groups is 1. The lowest BCUT2D eigenvalue weighted by Crippen LogP contribution is -2.17. The third-order valence-electron chi connectivity index (χ3n) is 2.41. The number of aliphatic hydroxyl groups excluding tert-OH is 1. The number of esters is 1. The van der Waals surface area contributed by atoms with Crippen LogP contribution >= 0.6 is 0 Å². The molecule has 0 amide bonds. The van der Waals surface area contributed by atoms with E-state index in [1.165, 1.54) is 10.9 Å². The lowest BCUT2D eigenvalue weighted by molar-refractivity contribution is -0.153. The zero-order valence-electron chi connectivity index (χ0n) is 9.85. The van der Waals surface area contributed by atoms with Crippen LogP contribution in [0.1, 0.15) is 18.6 Å². The molecule has 2 aromatic rings. The predicted octanol–water partition coefficient (Wildman–Crippen LogP) is 0.864.